The number of hydrogen-bond acceptors (Lipinski definition) is 1. The van der Waals surface area contributed by atoms with Gasteiger partial charge in [0.15, 0.2) is 0 Å². The summed E-state index contributed by atoms with van der Waals surface area (Å²) in [6.45, 7) is 6.46. The third-order valence-electron chi connectivity index (χ3n) is 2.34. The number of carbonyl (C=O) groups excluding carboxylic acids is 1. The number of amides is 1. The molecule has 11 heavy (non-hydrogen) atoms. The van der Waals surface area contributed by atoms with E-state index >= 15 is 0 Å². The number of nitrogens with one attached hydrogen (secondary N) is 1. The molecule has 0 spiro atoms. The molecule has 1 fully saturated rings. The van der Waals surface area contributed by atoms with E-state index in [2.05, 4.69) is 26.1 Å². The van der Waals surface area contributed by atoms with E-state index < -0.39 is 0 Å². The molecule has 1 saturated heterocycles. The highest BCUT2D eigenvalue weighted by Gasteiger charge is 2.25. The highest BCUT2D eigenvalue weighted by atomic mass is 16.1. The van der Waals surface area contributed by atoms with Crippen molar-refractivity contribution in [2.75, 3.05) is 0 Å². The minimum Gasteiger partial charge on any atom is -0.353 e. The average Bonchev–Trinajstić information content (AvgIpc) is 1.85. The molecular formula is C9H17NO. The molecule has 0 unspecified atom stereocenters. The third kappa shape index (κ3) is 2.21. The molecule has 2 atom stereocenters. The predicted octanol–water partition coefficient (Wildman–Crippen LogP) is 1.56. The van der Waals surface area contributed by atoms with E-state index in [0.29, 0.717) is 24.3 Å². The first kappa shape index (κ1) is 8.57. The Morgan fingerprint density at radius 2 is 2.18 bits per heavy atom. The van der Waals surface area contributed by atoms with Gasteiger partial charge in [-0.15, -0.1) is 0 Å². The lowest BCUT2D eigenvalue weighted by Crippen LogP contribution is -2.44. The summed E-state index contributed by atoms with van der Waals surface area (Å²) < 4.78 is 0. The maximum atomic E-state index is 11.1. The SMILES string of the molecule is CC(C)[C@H]1C[C@@H](C)CC(=O)N1. The van der Waals surface area contributed by atoms with Crippen LogP contribution in [0.1, 0.15) is 33.6 Å². The Balaban J connectivity index is 2.49. The van der Waals surface area contributed by atoms with Gasteiger partial charge in [0.05, 0.1) is 0 Å². The topological polar surface area (TPSA) is 29.1 Å². The molecule has 0 saturated carbocycles. The van der Waals surface area contributed by atoms with Crippen molar-refractivity contribution in [2.24, 2.45) is 11.8 Å². The van der Waals surface area contributed by atoms with Gasteiger partial charge in [0.1, 0.15) is 0 Å². The van der Waals surface area contributed by atoms with Crippen LogP contribution < -0.4 is 5.32 Å². The molecule has 1 aliphatic rings. The molecule has 1 amide bonds. The lowest BCUT2D eigenvalue weighted by molar-refractivity contribution is -0.125. The zero-order chi connectivity index (χ0) is 8.43. The summed E-state index contributed by atoms with van der Waals surface area (Å²) in [6.07, 6.45) is 1.85. The van der Waals surface area contributed by atoms with Gasteiger partial charge in [-0.05, 0) is 18.3 Å². The monoisotopic (exact) mass is 155 g/mol. The standard InChI is InChI=1S/C9H17NO/c1-6(2)8-4-7(3)5-9(11)10-8/h6-8H,4-5H2,1-3H3,(H,10,11)/t7-,8-/m1/s1. The second-order valence-electron chi connectivity index (χ2n) is 3.96. The largest absolute Gasteiger partial charge is 0.353 e. The zero-order valence-electron chi connectivity index (χ0n) is 7.55. The van der Waals surface area contributed by atoms with Crippen LogP contribution in [0.3, 0.4) is 0 Å². The second-order valence-corrected chi connectivity index (χ2v) is 3.96. The van der Waals surface area contributed by atoms with Crippen molar-refractivity contribution in [1.29, 1.82) is 0 Å². The van der Waals surface area contributed by atoms with E-state index in [0.717, 1.165) is 6.42 Å². The highest BCUT2D eigenvalue weighted by Crippen LogP contribution is 2.20. The van der Waals surface area contributed by atoms with Crippen molar-refractivity contribution in [3.63, 3.8) is 0 Å². The smallest absolute Gasteiger partial charge is 0.220 e. The fourth-order valence-corrected chi connectivity index (χ4v) is 1.60. The average molecular weight is 155 g/mol. The quantitative estimate of drug-likeness (QED) is 0.611. The Morgan fingerprint density at radius 1 is 1.55 bits per heavy atom. The van der Waals surface area contributed by atoms with Crippen molar-refractivity contribution >= 4 is 5.91 Å². The van der Waals surface area contributed by atoms with Gasteiger partial charge in [0.2, 0.25) is 5.91 Å². The maximum Gasteiger partial charge on any atom is 0.220 e. The Bertz CT molecular complexity index is 154. The van der Waals surface area contributed by atoms with Crippen molar-refractivity contribution < 1.29 is 4.79 Å². The van der Waals surface area contributed by atoms with Crippen molar-refractivity contribution in [3.8, 4) is 0 Å². The molecule has 0 aromatic heterocycles. The van der Waals surface area contributed by atoms with Crippen LogP contribution in [-0.4, -0.2) is 11.9 Å². The first-order valence-electron chi connectivity index (χ1n) is 4.39. The summed E-state index contributed by atoms with van der Waals surface area (Å²) in [5, 5.41) is 3.01. The molecule has 0 aromatic carbocycles. The van der Waals surface area contributed by atoms with Crippen molar-refractivity contribution in [2.45, 2.75) is 39.7 Å². The van der Waals surface area contributed by atoms with E-state index in [-0.39, 0.29) is 5.91 Å². The summed E-state index contributed by atoms with van der Waals surface area (Å²) in [6, 6.07) is 0.409. The van der Waals surface area contributed by atoms with Gasteiger partial charge in [-0.1, -0.05) is 20.8 Å². The number of carbonyl (C=O) groups is 1. The molecule has 2 heteroatoms. The van der Waals surface area contributed by atoms with Gasteiger partial charge in [0, 0.05) is 12.5 Å². The van der Waals surface area contributed by atoms with Gasteiger partial charge in [-0.3, -0.25) is 4.79 Å². The summed E-state index contributed by atoms with van der Waals surface area (Å²) in [5.74, 6) is 1.36. The number of hydrogen-bond donors (Lipinski definition) is 1. The van der Waals surface area contributed by atoms with Crippen LogP contribution in [0.25, 0.3) is 0 Å². The molecule has 1 aliphatic heterocycles. The summed E-state index contributed by atoms with van der Waals surface area (Å²) in [5.41, 5.74) is 0. The van der Waals surface area contributed by atoms with Gasteiger partial charge in [-0.25, -0.2) is 0 Å². The fourth-order valence-electron chi connectivity index (χ4n) is 1.60. The molecule has 0 bridgehead atoms. The van der Waals surface area contributed by atoms with Crippen LogP contribution in [0.5, 0.6) is 0 Å². The van der Waals surface area contributed by atoms with Gasteiger partial charge >= 0.3 is 0 Å². The van der Waals surface area contributed by atoms with Crippen molar-refractivity contribution in [1.82, 2.24) is 5.32 Å². The lowest BCUT2D eigenvalue weighted by atomic mass is 9.88. The number of rotatable bonds is 1. The zero-order valence-corrected chi connectivity index (χ0v) is 7.55. The maximum absolute atomic E-state index is 11.1. The number of piperidine rings is 1. The molecule has 2 nitrogen and oxygen atoms in total. The minimum absolute atomic E-state index is 0.224. The molecule has 0 aromatic rings. The van der Waals surface area contributed by atoms with E-state index in [1.54, 1.807) is 0 Å². The normalized spacial score (nSPS) is 32.2. The summed E-state index contributed by atoms with van der Waals surface area (Å²) >= 11 is 0. The molecule has 1 N–H and O–H groups in total. The van der Waals surface area contributed by atoms with Gasteiger partial charge in [0.25, 0.3) is 0 Å². The van der Waals surface area contributed by atoms with Gasteiger partial charge in [-0.2, -0.15) is 0 Å². The molecule has 1 heterocycles. The third-order valence-corrected chi connectivity index (χ3v) is 2.34. The van der Waals surface area contributed by atoms with Crippen LogP contribution in [0, 0.1) is 11.8 Å². The summed E-state index contributed by atoms with van der Waals surface area (Å²) in [4.78, 5) is 11.1. The first-order chi connectivity index (χ1) is 5.09. The predicted molar refractivity (Wildman–Crippen MR) is 45.2 cm³/mol. The van der Waals surface area contributed by atoms with Crippen LogP contribution in [0.2, 0.25) is 0 Å². The Kier molecular flexibility index (Phi) is 2.53. The van der Waals surface area contributed by atoms with Crippen molar-refractivity contribution in [3.05, 3.63) is 0 Å². The minimum atomic E-state index is 0.224. The molecule has 64 valence electrons. The molecular weight excluding hydrogens is 138 g/mol. The Labute approximate surface area is 68.4 Å². The van der Waals surface area contributed by atoms with Crippen LogP contribution in [-0.2, 0) is 4.79 Å². The summed E-state index contributed by atoms with van der Waals surface area (Å²) in [7, 11) is 0. The molecule has 0 radical (unpaired) electrons. The van der Waals surface area contributed by atoms with E-state index in [1.807, 2.05) is 0 Å². The van der Waals surface area contributed by atoms with Crippen LogP contribution in [0.4, 0.5) is 0 Å². The first-order valence-corrected chi connectivity index (χ1v) is 4.39. The van der Waals surface area contributed by atoms with Crippen LogP contribution >= 0.6 is 0 Å². The highest BCUT2D eigenvalue weighted by molar-refractivity contribution is 5.77. The van der Waals surface area contributed by atoms with Crippen LogP contribution in [0.15, 0.2) is 0 Å². The lowest BCUT2D eigenvalue weighted by Gasteiger charge is -2.30. The van der Waals surface area contributed by atoms with E-state index in [4.69, 9.17) is 0 Å². The molecule has 0 aliphatic carbocycles. The molecule has 1 rings (SSSR count). The Morgan fingerprint density at radius 3 is 2.64 bits per heavy atom. The second kappa shape index (κ2) is 3.24. The van der Waals surface area contributed by atoms with E-state index in [1.165, 1.54) is 0 Å². The Hall–Kier alpha value is -0.530. The van der Waals surface area contributed by atoms with E-state index in [9.17, 15) is 4.79 Å². The van der Waals surface area contributed by atoms with Gasteiger partial charge < -0.3 is 5.32 Å². The fraction of sp³-hybridized carbons (Fsp3) is 0.889.